The number of hydrogen-bond donors (Lipinski definition) is 1. The molecule has 1 N–H and O–H groups in total. The molecule has 1 aliphatic heterocycles. The van der Waals surface area contributed by atoms with Crippen molar-refractivity contribution in [2.45, 2.75) is 25.8 Å². The fraction of sp³-hybridized carbons (Fsp3) is 0.471. The van der Waals surface area contributed by atoms with Crippen molar-refractivity contribution >= 4 is 5.95 Å². The summed E-state index contributed by atoms with van der Waals surface area (Å²) in [7, 11) is 3.63. The molecule has 1 unspecified atom stereocenters. The zero-order chi connectivity index (χ0) is 17.1. The van der Waals surface area contributed by atoms with Crippen LogP contribution < -0.4 is 10.1 Å². The van der Waals surface area contributed by atoms with Crippen molar-refractivity contribution in [3.8, 4) is 17.0 Å². The normalized spacial score (nSPS) is 17.9. The summed E-state index contributed by atoms with van der Waals surface area (Å²) < 4.78 is 19.2. The predicted molar refractivity (Wildman–Crippen MR) is 90.7 cm³/mol. The number of methoxy groups -OCH3 is 1. The molecule has 0 spiro atoms. The van der Waals surface area contributed by atoms with Gasteiger partial charge < -0.3 is 15.0 Å². The highest BCUT2D eigenvalue weighted by Crippen LogP contribution is 2.26. The van der Waals surface area contributed by atoms with Crippen molar-refractivity contribution in [3.63, 3.8) is 0 Å². The Balaban J connectivity index is 1.75. The van der Waals surface area contributed by atoms with E-state index in [-0.39, 0.29) is 0 Å². The largest absolute Gasteiger partial charge is 0.497 e. The minimum atomic E-state index is -0.401. The van der Waals surface area contributed by atoms with Crippen LogP contribution in [0.4, 0.5) is 10.3 Å². The van der Waals surface area contributed by atoms with Gasteiger partial charge in [0.15, 0.2) is 0 Å². The van der Waals surface area contributed by atoms with Gasteiger partial charge in [-0.15, -0.1) is 10.2 Å². The van der Waals surface area contributed by atoms with Gasteiger partial charge in [-0.3, -0.25) is 0 Å². The molecule has 0 saturated carbocycles. The summed E-state index contributed by atoms with van der Waals surface area (Å²) in [6, 6.07) is 5.15. The van der Waals surface area contributed by atoms with E-state index in [0.717, 1.165) is 13.1 Å². The summed E-state index contributed by atoms with van der Waals surface area (Å²) >= 11 is 0. The molecule has 1 saturated heterocycles. The molecule has 128 valence electrons. The zero-order valence-corrected chi connectivity index (χ0v) is 14.2. The Morgan fingerprint density at radius 1 is 1.38 bits per heavy atom. The monoisotopic (exact) mass is 331 g/mol. The first kappa shape index (κ1) is 16.6. The molecule has 1 aromatic heterocycles. The van der Waals surface area contributed by atoms with Crippen molar-refractivity contribution in [2.75, 3.05) is 32.6 Å². The minimum absolute atomic E-state index is 0.371. The molecule has 24 heavy (non-hydrogen) atoms. The van der Waals surface area contributed by atoms with Crippen LogP contribution in [0.3, 0.4) is 0 Å². The summed E-state index contributed by atoms with van der Waals surface area (Å²) in [4.78, 5) is 6.75. The van der Waals surface area contributed by atoms with Crippen molar-refractivity contribution in [1.82, 2.24) is 20.1 Å². The lowest BCUT2D eigenvalue weighted by molar-refractivity contribution is 0.322. The van der Waals surface area contributed by atoms with E-state index in [4.69, 9.17) is 4.74 Å². The molecule has 3 rings (SSSR count). The van der Waals surface area contributed by atoms with Crippen LogP contribution in [0.15, 0.2) is 18.2 Å². The first-order valence-electron chi connectivity index (χ1n) is 8.08. The van der Waals surface area contributed by atoms with E-state index in [0.29, 0.717) is 34.7 Å². The molecule has 1 aromatic carbocycles. The number of anilines is 1. The molecule has 1 atom stereocenters. The highest BCUT2D eigenvalue weighted by molar-refractivity contribution is 5.63. The maximum absolute atomic E-state index is 14.2. The number of hydrogen-bond acceptors (Lipinski definition) is 6. The molecule has 0 radical (unpaired) electrons. The Morgan fingerprint density at radius 3 is 2.83 bits per heavy atom. The molecule has 6 nitrogen and oxygen atoms in total. The van der Waals surface area contributed by atoms with Gasteiger partial charge in [-0.25, -0.2) is 9.37 Å². The first-order valence-corrected chi connectivity index (χ1v) is 8.08. The van der Waals surface area contributed by atoms with E-state index < -0.39 is 5.82 Å². The molecule has 2 aromatic rings. The summed E-state index contributed by atoms with van der Waals surface area (Å²) in [6.07, 6.45) is 2.39. The van der Waals surface area contributed by atoms with Gasteiger partial charge >= 0.3 is 0 Å². The van der Waals surface area contributed by atoms with Gasteiger partial charge in [-0.1, -0.05) is 0 Å². The number of nitrogens with zero attached hydrogens (tertiary/aromatic N) is 4. The van der Waals surface area contributed by atoms with Crippen molar-refractivity contribution < 1.29 is 9.13 Å². The predicted octanol–water partition coefficient (Wildman–Crippen LogP) is 2.50. The van der Waals surface area contributed by atoms with E-state index in [1.165, 1.54) is 26.0 Å². The highest BCUT2D eigenvalue weighted by atomic mass is 19.1. The van der Waals surface area contributed by atoms with E-state index in [9.17, 15) is 4.39 Å². The molecule has 1 fully saturated rings. The Hall–Kier alpha value is -2.28. The molecule has 2 heterocycles. The fourth-order valence-electron chi connectivity index (χ4n) is 2.99. The molecule has 1 aliphatic rings. The number of likely N-dealkylation sites (N-methyl/N-ethyl adjacent to an activating group) is 1. The van der Waals surface area contributed by atoms with Crippen LogP contribution in [0.25, 0.3) is 11.3 Å². The quantitative estimate of drug-likeness (QED) is 0.908. The van der Waals surface area contributed by atoms with Crippen LogP contribution in [0, 0.1) is 12.7 Å². The van der Waals surface area contributed by atoms with Crippen molar-refractivity contribution in [2.24, 2.45) is 0 Å². The van der Waals surface area contributed by atoms with Crippen LogP contribution >= 0.6 is 0 Å². The third-order valence-corrected chi connectivity index (χ3v) is 4.46. The number of benzene rings is 1. The summed E-state index contributed by atoms with van der Waals surface area (Å²) in [5.41, 5.74) is 1.45. The second-order valence-electron chi connectivity index (χ2n) is 6.07. The number of aromatic nitrogens is 3. The van der Waals surface area contributed by atoms with Crippen LogP contribution in [0.5, 0.6) is 5.75 Å². The van der Waals surface area contributed by atoms with Gasteiger partial charge in [0.1, 0.15) is 17.3 Å². The Labute approximate surface area is 141 Å². The third kappa shape index (κ3) is 3.46. The minimum Gasteiger partial charge on any atom is -0.497 e. The lowest BCUT2D eigenvalue weighted by Gasteiger charge is -2.19. The van der Waals surface area contributed by atoms with Crippen LogP contribution in [-0.2, 0) is 0 Å². The van der Waals surface area contributed by atoms with E-state index >= 15 is 0 Å². The SMILES string of the molecule is COc1ccc(-c2nnc(NCC3CCCN3C)nc2C)c(F)c1. The number of aryl methyl sites for hydroxylation is 1. The van der Waals surface area contributed by atoms with Gasteiger partial charge in [0.05, 0.1) is 12.8 Å². The van der Waals surface area contributed by atoms with Gasteiger partial charge in [0.2, 0.25) is 5.95 Å². The number of halogens is 1. The number of rotatable bonds is 5. The average molecular weight is 331 g/mol. The van der Waals surface area contributed by atoms with Crippen LogP contribution in [0.2, 0.25) is 0 Å². The summed E-state index contributed by atoms with van der Waals surface area (Å²) in [5.74, 6) is 0.543. The standard InChI is InChI=1S/C17H22FN5O/c1-11-16(14-7-6-13(24-3)9-15(14)18)21-22-17(20-11)19-10-12-5-4-8-23(12)2/h6-7,9,12H,4-5,8,10H2,1-3H3,(H,19,20,22). The Kier molecular flexibility index (Phi) is 4.89. The number of nitrogens with one attached hydrogen (secondary N) is 1. The third-order valence-electron chi connectivity index (χ3n) is 4.46. The summed E-state index contributed by atoms with van der Waals surface area (Å²) in [5, 5.41) is 11.5. The Morgan fingerprint density at radius 2 is 2.21 bits per heavy atom. The van der Waals surface area contributed by atoms with Crippen LogP contribution in [-0.4, -0.2) is 53.4 Å². The smallest absolute Gasteiger partial charge is 0.243 e. The number of ether oxygens (including phenoxy) is 1. The molecule has 0 amide bonds. The van der Waals surface area contributed by atoms with Crippen molar-refractivity contribution in [3.05, 3.63) is 29.7 Å². The van der Waals surface area contributed by atoms with E-state index in [1.807, 2.05) is 0 Å². The molecular formula is C17H22FN5O. The van der Waals surface area contributed by atoms with Crippen LogP contribution in [0.1, 0.15) is 18.5 Å². The number of likely N-dealkylation sites (tertiary alicyclic amines) is 1. The van der Waals surface area contributed by atoms with E-state index in [1.54, 1.807) is 19.1 Å². The highest BCUT2D eigenvalue weighted by Gasteiger charge is 2.21. The topological polar surface area (TPSA) is 63.2 Å². The molecular weight excluding hydrogens is 309 g/mol. The lowest BCUT2D eigenvalue weighted by Crippen LogP contribution is -2.32. The maximum Gasteiger partial charge on any atom is 0.243 e. The van der Waals surface area contributed by atoms with E-state index in [2.05, 4.69) is 32.4 Å². The van der Waals surface area contributed by atoms with Gasteiger partial charge in [0.25, 0.3) is 0 Å². The summed E-state index contributed by atoms with van der Waals surface area (Å²) in [6.45, 7) is 3.72. The zero-order valence-electron chi connectivity index (χ0n) is 14.2. The Bertz CT molecular complexity index is 724. The first-order chi connectivity index (χ1) is 11.6. The molecule has 7 heteroatoms. The maximum atomic E-state index is 14.2. The fourth-order valence-corrected chi connectivity index (χ4v) is 2.99. The van der Waals surface area contributed by atoms with Gasteiger partial charge in [-0.2, -0.15) is 0 Å². The van der Waals surface area contributed by atoms with Gasteiger partial charge in [0, 0.05) is 24.2 Å². The lowest BCUT2D eigenvalue weighted by atomic mass is 10.1. The van der Waals surface area contributed by atoms with Crippen molar-refractivity contribution in [1.29, 1.82) is 0 Å². The van der Waals surface area contributed by atoms with Gasteiger partial charge in [-0.05, 0) is 45.5 Å². The molecule has 0 aliphatic carbocycles. The molecule has 0 bridgehead atoms. The second kappa shape index (κ2) is 7.09. The average Bonchev–Trinajstić information content (AvgIpc) is 2.98. The second-order valence-corrected chi connectivity index (χ2v) is 6.07.